The summed E-state index contributed by atoms with van der Waals surface area (Å²) >= 11 is 0. The highest BCUT2D eigenvalue weighted by atomic mass is 19.2. The van der Waals surface area contributed by atoms with Crippen LogP contribution in [0, 0.1) is 11.6 Å². The highest BCUT2D eigenvalue weighted by Crippen LogP contribution is 2.26. The predicted octanol–water partition coefficient (Wildman–Crippen LogP) is 4.64. The van der Waals surface area contributed by atoms with Crippen LogP contribution in [-0.2, 0) is 6.54 Å². The lowest BCUT2D eigenvalue weighted by Crippen LogP contribution is -2.02. The number of benzene rings is 1. The Labute approximate surface area is 123 Å². The van der Waals surface area contributed by atoms with E-state index >= 15 is 0 Å². The van der Waals surface area contributed by atoms with Crippen molar-refractivity contribution in [2.24, 2.45) is 5.73 Å². The average Bonchev–Trinajstić information content (AvgIpc) is 3.14. The SMILES string of the molecule is C1CCCC1.CC(C)c1nc2cc(CN)c(F)c(F)c2o1. The van der Waals surface area contributed by atoms with Crippen LogP contribution in [0.1, 0.15) is 63.3 Å². The Hall–Kier alpha value is -1.49. The first-order chi connectivity index (χ1) is 10.0. The largest absolute Gasteiger partial charge is 0.437 e. The number of hydrogen-bond acceptors (Lipinski definition) is 3. The third-order valence-corrected chi connectivity index (χ3v) is 3.62. The van der Waals surface area contributed by atoms with Crippen LogP contribution in [0.15, 0.2) is 10.5 Å². The lowest BCUT2D eigenvalue weighted by molar-refractivity contribution is 0.458. The fourth-order valence-electron chi connectivity index (χ4n) is 2.35. The zero-order chi connectivity index (χ0) is 15.4. The molecule has 0 radical (unpaired) electrons. The van der Waals surface area contributed by atoms with Gasteiger partial charge in [0, 0.05) is 18.0 Å². The molecule has 116 valence electrons. The Morgan fingerprint density at radius 2 is 1.71 bits per heavy atom. The van der Waals surface area contributed by atoms with Gasteiger partial charge in [0.15, 0.2) is 17.3 Å². The summed E-state index contributed by atoms with van der Waals surface area (Å²) in [5.74, 6) is -1.56. The summed E-state index contributed by atoms with van der Waals surface area (Å²) in [6, 6.07) is 1.42. The molecule has 0 amide bonds. The molecule has 21 heavy (non-hydrogen) atoms. The molecular formula is C16H22F2N2O. The van der Waals surface area contributed by atoms with Crippen LogP contribution in [0.4, 0.5) is 8.78 Å². The van der Waals surface area contributed by atoms with Gasteiger partial charge in [0.2, 0.25) is 5.82 Å². The maximum atomic E-state index is 13.6. The van der Waals surface area contributed by atoms with Crippen molar-refractivity contribution in [2.75, 3.05) is 0 Å². The molecule has 0 aliphatic heterocycles. The first kappa shape index (κ1) is 15.9. The van der Waals surface area contributed by atoms with Gasteiger partial charge in [-0.2, -0.15) is 4.39 Å². The molecule has 1 aromatic carbocycles. The van der Waals surface area contributed by atoms with Crippen molar-refractivity contribution in [3.05, 3.63) is 29.2 Å². The monoisotopic (exact) mass is 296 g/mol. The third kappa shape index (κ3) is 3.59. The molecule has 0 bridgehead atoms. The molecule has 1 aliphatic carbocycles. The lowest BCUT2D eigenvalue weighted by atomic mass is 10.2. The highest BCUT2D eigenvalue weighted by molar-refractivity contribution is 5.74. The zero-order valence-electron chi connectivity index (χ0n) is 12.6. The molecule has 1 fully saturated rings. The van der Waals surface area contributed by atoms with Gasteiger partial charge in [0.05, 0.1) is 0 Å². The molecule has 3 nitrogen and oxygen atoms in total. The van der Waals surface area contributed by atoms with Gasteiger partial charge in [-0.15, -0.1) is 0 Å². The normalized spacial score (nSPS) is 14.6. The number of oxazole rings is 1. The molecule has 2 N–H and O–H groups in total. The standard InChI is InChI=1S/C11H12F2N2O.C5H10/c1-5(2)11-15-7-3-6(4-14)8(12)9(13)10(7)16-11;1-2-4-5-3-1/h3,5H,4,14H2,1-2H3;1-5H2. The lowest BCUT2D eigenvalue weighted by Gasteiger charge is -1.99. The smallest absolute Gasteiger partial charge is 0.203 e. The van der Waals surface area contributed by atoms with Crippen molar-refractivity contribution < 1.29 is 13.2 Å². The zero-order valence-corrected chi connectivity index (χ0v) is 12.6. The Morgan fingerprint density at radius 1 is 1.14 bits per heavy atom. The van der Waals surface area contributed by atoms with Gasteiger partial charge in [0.25, 0.3) is 0 Å². The number of nitrogens with two attached hydrogens (primary N) is 1. The molecule has 0 atom stereocenters. The number of nitrogens with zero attached hydrogens (tertiary/aromatic N) is 1. The van der Waals surface area contributed by atoms with Gasteiger partial charge >= 0.3 is 0 Å². The van der Waals surface area contributed by atoms with Gasteiger partial charge in [-0.1, -0.05) is 46.0 Å². The van der Waals surface area contributed by atoms with E-state index in [1.165, 1.54) is 38.2 Å². The molecule has 1 aromatic heterocycles. The molecule has 1 heterocycles. The second kappa shape index (κ2) is 6.98. The first-order valence-corrected chi connectivity index (χ1v) is 7.52. The Kier molecular flexibility index (Phi) is 5.28. The first-order valence-electron chi connectivity index (χ1n) is 7.52. The number of aromatic nitrogens is 1. The van der Waals surface area contributed by atoms with Crippen molar-refractivity contribution in [1.82, 2.24) is 4.98 Å². The Balaban J connectivity index is 0.000000272. The predicted molar refractivity (Wildman–Crippen MR) is 79.0 cm³/mol. The molecule has 0 saturated heterocycles. The summed E-state index contributed by atoms with van der Waals surface area (Å²) in [7, 11) is 0. The minimum Gasteiger partial charge on any atom is -0.437 e. The van der Waals surface area contributed by atoms with Crippen LogP contribution in [0.2, 0.25) is 0 Å². The summed E-state index contributed by atoms with van der Waals surface area (Å²) in [6.07, 6.45) is 7.50. The van der Waals surface area contributed by atoms with Gasteiger partial charge in [-0.25, -0.2) is 9.37 Å². The van der Waals surface area contributed by atoms with E-state index in [1.807, 2.05) is 13.8 Å². The summed E-state index contributed by atoms with van der Waals surface area (Å²) in [4.78, 5) is 4.09. The van der Waals surface area contributed by atoms with E-state index in [2.05, 4.69) is 4.98 Å². The number of hydrogen-bond donors (Lipinski definition) is 1. The summed E-state index contributed by atoms with van der Waals surface area (Å²) in [6.45, 7) is 3.66. The van der Waals surface area contributed by atoms with Gasteiger partial charge in [0.1, 0.15) is 5.52 Å². The van der Waals surface area contributed by atoms with E-state index in [0.29, 0.717) is 11.4 Å². The Bertz CT molecular complexity index is 596. The molecule has 1 saturated carbocycles. The van der Waals surface area contributed by atoms with Crippen molar-refractivity contribution >= 4 is 11.1 Å². The Morgan fingerprint density at radius 3 is 2.19 bits per heavy atom. The number of fused-ring (bicyclic) bond motifs is 1. The number of rotatable bonds is 2. The molecule has 0 unspecified atom stereocenters. The minimum absolute atomic E-state index is 0.0242. The van der Waals surface area contributed by atoms with E-state index in [-0.39, 0.29) is 23.6 Å². The topological polar surface area (TPSA) is 52.0 Å². The van der Waals surface area contributed by atoms with Crippen LogP contribution >= 0.6 is 0 Å². The molecule has 2 aromatic rings. The van der Waals surface area contributed by atoms with Crippen LogP contribution < -0.4 is 5.73 Å². The fourth-order valence-corrected chi connectivity index (χ4v) is 2.35. The van der Waals surface area contributed by atoms with Crippen molar-refractivity contribution in [1.29, 1.82) is 0 Å². The summed E-state index contributed by atoms with van der Waals surface area (Å²) in [5, 5.41) is 0. The summed E-state index contributed by atoms with van der Waals surface area (Å²) < 4.78 is 32.1. The third-order valence-electron chi connectivity index (χ3n) is 3.62. The molecule has 0 spiro atoms. The van der Waals surface area contributed by atoms with Gasteiger partial charge in [-0.3, -0.25) is 0 Å². The highest BCUT2D eigenvalue weighted by Gasteiger charge is 2.19. The number of halogens is 2. The molecule has 1 aliphatic rings. The molecule has 3 rings (SSSR count). The van der Waals surface area contributed by atoms with Crippen LogP contribution in [0.3, 0.4) is 0 Å². The van der Waals surface area contributed by atoms with Crippen molar-refractivity contribution in [3.8, 4) is 0 Å². The van der Waals surface area contributed by atoms with Crippen molar-refractivity contribution in [2.45, 2.75) is 58.4 Å². The second-order valence-electron chi connectivity index (χ2n) is 5.69. The van der Waals surface area contributed by atoms with Gasteiger partial charge in [-0.05, 0) is 6.07 Å². The maximum Gasteiger partial charge on any atom is 0.203 e. The second-order valence-corrected chi connectivity index (χ2v) is 5.69. The fraction of sp³-hybridized carbons (Fsp3) is 0.562. The van der Waals surface area contributed by atoms with Gasteiger partial charge < -0.3 is 10.2 Å². The maximum absolute atomic E-state index is 13.6. The van der Waals surface area contributed by atoms with Crippen LogP contribution in [-0.4, -0.2) is 4.98 Å². The van der Waals surface area contributed by atoms with E-state index in [0.717, 1.165) is 0 Å². The van der Waals surface area contributed by atoms with E-state index in [1.54, 1.807) is 0 Å². The van der Waals surface area contributed by atoms with Crippen LogP contribution in [0.25, 0.3) is 11.1 Å². The van der Waals surface area contributed by atoms with E-state index < -0.39 is 11.6 Å². The van der Waals surface area contributed by atoms with Crippen LogP contribution in [0.5, 0.6) is 0 Å². The van der Waals surface area contributed by atoms with Crippen molar-refractivity contribution in [3.63, 3.8) is 0 Å². The molecular weight excluding hydrogens is 274 g/mol. The minimum atomic E-state index is -1.02. The average molecular weight is 296 g/mol. The summed E-state index contributed by atoms with van der Waals surface area (Å²) in [5.41, 5.74) is 5.59. The van der Waals surface area contributed by atoms with E-state index in [9.17, 15) is 8.78 Å². The quantitative estimate of drug-likeness (QED) is 0.878. The van der Waals surface area contributed by atoms with E-state index in [4.69, 9.17) is 10.2 Å². The molecule has 5 heteroatoms.